The second kappa shape index (κ2) is 8.26. The zero-order valence-corrected chi connectivity index (χ0v) is 14.7. The van der Waals surface area contributed by atoms with Crippen LogP contribution in [0.15, 0.2) is 91.0 Å². The van der Waals surface area contributed by atoms with Gasteiger partial charge in [0.25, 0.3) is 0 Å². The van der Waals surface area contributed by atoms with E-state index < -0.39 is 7.26 Å². The molecule has 3 heteroatoms. The van der Waals surface area contributed by atoms with Gasteiger partial charge in [0.05, 0.1) is 0 Å². The van der Waals surface area contributed by atoms with Gasteiger partial charge in [-0.15, -0.1) is 12.4 Å². The molecule has 0 aromatic heterocycles. The maximum absolute atomic E-state index is 9.82. The first-order valence-electron chi connectivity index (χ1n) is 7.65. The predicted octanol–water partition coefficient (Wildman–Crippen LogP) is 3.13. The van der Waals surface area contributed by atoms with Crippen LogP contribution < -0.4 is 15.9 Å². The summed E-state index contributed by atoms with van der Waals surface area (Å²) in [6, 6.07) is 32.0. The molecule has 0 aliphatic carbocycles. The van der Waals surface area contributed by atoms with Gasteiger partial charge in [-0.3, -0.25) is 0 Å². The third kappa shape index (κ3) is 3.48. The predicted molar refractivity (Wildman–Crippen MR) is 106 cm³/mol. The molecule has 3 aromatic rings. The number of rotatable bonds is 5. The Bertz CT molecular complexity index is 605. The van der Waals surface area contributed by atoms with Gasteiger partial charge in [0.15, 0.2) is 0 Å². The summed E-state index contributed by atoms with van der Waals surface area (Å²) >= 11 is 0. The standard InChI is InChI=1S/C20H21OP.ClH/c21-16-17-22(18-10-4-1-5-11-18,19-12-6-2-7-13-19)20-14-8-3-9-15-20;/h1-15,21-22H,16-17H2;1H. The van der Waals surface area contributed by atoms with Gasteiger partial charge in [-0.1, -0.05) is 0 Å². The molecule has 0 bridgehead atoms. The zero-order chi connectivity index (χ0) is 15.3. The van der Waals surface area contributed by atoms with Crippen LogP contribution in [0.4, 0.5) is 0 Å². The van der Waals surface area contributed by atoms with Crippen molar-refractivity contribution in [3.8, 4) is 0 Å². The van der Waals surface area contributed by atoms with E-state index in [9.17, 15) is 5.11 Å². The van der Waals surface area contributed by atoms with Gasteiger partial charge < -0.3 is 0 Å². The molecule has 3 aromatic carbocycles. The molecule has 0 unspecified atom stereocenters. The molecule has 23 heavy (non-hydrogen) atoms. The Morgan fingerprint density at radius 3 is 1.13 bits per heavy atom. The normalized spacial score (nSPS) is 11.5. The topological polar surface area (TPSA) is 20.2 Å². The first-order valence-corrected chi connectivity index (χ1v) is 9.86. The van der Waals surface area contributed by atoms with Crippen LogP contribution >= 0.6 is 19.7 Å². The molecule has 0 aliphatic rings. The fraction of sp³-hybridized carbons (Fsp3) is 0.100. The van der Waals surface area contributed by atoms with Crippen molar-refractivity contribution in [3.05, 3.63) is 91.0 Å². The number of hydrogen-bond acceptors (Lipinski definition) is 1. The molecular weight excluding hydrogens is 323 g/mol. The van der Waals surface area contributed by atoms with E-state index in [1.807, 2.05) is 0 Å². The van der Waals surface area contributed by atoms with E-state index >= 15 is 0 Å². The van der Waals surface area contributed by atoms with Crippen molar-refractivity contribution in [2.45, 2.75) is 0 Å². The summed E-state index contributed by atoms with van der Waals surface area (Å²) in [5.41, 5.74) is 0. The summed E-state index contributed by atoms with van der Waals surface area (Å²) in [6.07, 6.45) is 0.797. The van der Waals surface area contributed by atoms with Crippen LogP contribution in [0.1, 0.15) is 0 Å². The Balaban J connectivity index is 0.00000192. The van der Waals surface area contributed by atoms with E-state index in [2.05, 4.69) is 91.0 Å². The molecule has 0 aliphatic heterocycles. The minimum absolute atomic E-state index is 0. The summed E-state index contributed by atoms with van der Waals surface area (Å²) < 4.78 is 0. The van der Waals surface area contributed by atoms with Gasteiger partial charge in [0, 0.05) is 0 Å². The molecule has 0 radical (unpaired) electrons. The fourth-order valence-corrected chi connectivity index (χ4v) is 7.75. The number of aliphatic hydroxyl groups is 1. The van der Waals surface area contributed by atoms with Crippen LogP contribution in [0, 0.1) is 0 Å². The molecule has 120 valence electrons. The number of hydrogen-bond donors (Lipinski definition) is 1. The van der Waals surface area contributed by atoms with Crippen LogP contribution in [0.5, 0.6) is 0 Å². The van der Waals surface area contributed by atoms with Crippen molar-refractivity contribution in [3.63, 3.8) is 0 Å². The van der Waals surface area contributed by atoms with E-state index in [4.69, 9.17) is 0 Å². The Hall–Kier alpha value is -1.66. The number of benzene rings is 3. The SMILES string of the molecule is Cl.OCC[PH](c1ccccc1)(c1ccccc1)c1ccccc1. The fourth-order valence-electron chi connectivity index (χ4n) is 3.27. The van der Waals surface area contributed by atoms with Crippen molar-refractivity contribution in [1.29, 1.82) is 0 Å². The van der Waals surface area contributed by atoms with E-state index in [0.29, 0.717) is 0 Å². The van der Waals surface area contributed by atoms with Crippen molar-refractivity contribution in [2.75, 3.05) is 12.8 Å². The third-order valence-corrected chi connectivity index (χ3v) is 9.22. The molecular formula is C20H22ClOP. The molecule has 0 spiro atoms. The second-order valence-corrected chi connectivity index (χ2v) is 9.52. The summed E-state index contributed by atoms with van der Waals surface area (Å²) in [4.78, 5) is 0. The third-order valence-electron chi connectivity index (χ3n) is 4.29. The van der Waals surface area contributed by atoms with E-state index in [0.717, 1.165) is 6.16 Å². The van der Waals surface area contributed by atoms with Crippen LogP contribution in [-0.4, -0.2) is 17.9 Å². The Morgan fingerprint density at radius 1 is 0.565 bits per heavy atom. The average Bonchev–Trinajstić information content (AvgIpc) is 2.62. The first-order chi connectivity index (χ1) is 10.9. The second-order valence-electron chi connectivity index (χ2n) is 5.48. The Kier molecular flexibility index (Phi) is 6.36. The minimum atomic E-state index is -2.17. The van der Waals surface area contributed by atoms with Crippen molar-refractivity contribution < 1.29 is 5.11 Å². The number of aliphatic hydroxyl groups excluding tert-OH is 1. The molecule has 1 nitrogen and oxygen atoms in total. The van der Waals surface area contributed by atoms with Gasteiger partial charge in [-0.05, 0) is 0 Å². The van der Waals surface area contributed by atoms with Crippen molar-refractivity contribution >= 4 is 35.6 Å². The van der Waals surface area contributed by atoms with Crippen molar-refractivity contribution in [2.24, 2.45) is 0 Å². The maximum atomic E-state index is 9.82. The molecule has 3 rings (SSSR count). The molecule has 0 saturated heterocycles. The monoisotopic (exact) mass is 344 g/mol. The molecule has 0 atom stereocenters. The van der Waals surface area contributed by atoms with Gasteiger partial charge in [0.1, 0.15) is 0 Å². The quantitative estimate of drug-likeness (QED) is 0.705. The molecule has 0 heterocycles. The Morgan fingerprint density at radius 2 is 0.870 bits per heavy atom. The zero-order valence-electron chi connectivity index (χ0n) is 12.9. The Labute approximate surface area is 144 Å². The first kappa shape index (κ1) is 17.7. The summed E-state index contributed by atoms with van der Waals surface area (Å²) in [6.45, 7) is 0.199. The molecule has 0 amide bonds. The molecule has 1 N–H and O–H groups in total. The van der Waals surface area contributed by atoms with Crippen LogP contribution in [0.2, 0.25) is 0 Å². The average molecular weight is 345 g/mol. The van der Waals surface area contributed by atoms with Gasteiger partial charge >= 0.3 is 132 Å². The van der Waals surface area contributed by atoms with Gasteiger partial charge in [-0.25, -0.2) is 0 Å². The number of halogens is 1. The molecule has 0 saturated carbocycles. The van der Waals surface area contributed by atoms with E-state index in [-0.39, 0.29) is 19.0 Å². The van der Waals surface area contributed by atoms with E-state index in [1.54, 1.807) is 0 Å². The van der Waals surface area contributed by atoms with Crippen LogP contribution in [0.3, 0.4) is 0 Å². The molecule has 0 fully saturated rings. The summed E-state index contributed by atoms with van der Waals surface area (Å²) in [5, 5.41) is 13.9. The summed E-state index contributed by atoms with van der Waals surface area (Å²) in [7, 11) is -2.17. The van der Waals surface area contributed by atoms with Gasteiger partial charge in [0.2, 0.25) is 0 Å². The van der Waals surface area contributed by atoms with Crippen molar-refractivity contribution in [1.82, 2.24) is 0 Å². The summed E-state index contributed by atoms with van der Waals surface area (Å²) in [5.74, 6) is 0. The van der Waals surface area contributed by atoms with Gasteiger partial charge in [-0.2, -0.15) is 0 Å². The van der Waals surface area contributed by atoms with E-state index in [1.165, 1.54) is 15.9 Å². The van der Waals surface area contributed by atoms with Crippen LogP contribution in [0.25, 0.3) is 0 Å². The van der Waals surface area contributed by atoms with Crippen LogP contribution in [-0.2, 0) is 0 Å².